The van der Waals surface area contributed by atoms with E-state index in [2.05, 4.69) is 65.0 Å². The van der Waals surface area contributed by atoms with Crippen LogP contribution in [0.1, 0.15) is 60.3 Å². The minimum atomic E-state index is 0.261. The van der Waals surface area contributed by atoms with Crippen molar-refractivity contribution in [1.29, 1.82) is 0 Å². The van der Waals surface area contributed by atoms with E-state index in [4.69, 9.17) is 5.11 Å². The maximum atomic E-state index is 8.88. The van der Waals surface area contributed by atoms with Crippen molar-refractivity contribution in [3.05, 3.63) is 47.1 Å². The van der Waals surface area contributed by atoms with Crippen molar-refractivity contribution in [2.45, 2.75) is 60.3 Å². The quantitative estimate of drug-likeness (QED) is 0.632. The Morgan fingerprint density at radius 2 is 2.10 bits per heavy atom. The molecule has 1 heteroatoms. The smallest absolute Gasteiger partial charge is 0.0436 e. The first-order valence-electron chi connectivity index (χ1n) is 8.21. The molecule has 21 heavy (non-hydrogen) atoms. The van der Waals surface area contributed by atoms with Crippen LogP contribution in [0.3, 0.4) is 0 Å². The van der Waals surface area contributed by atoms with Gasteiger partial charge in [-0.15, -0.1) is 0 Å². The minimum Gasteiger partial charge on any atom is -0.396 e. The molecule has 0 fully saturated rings. The Balaban J connectivity index is 2.71. The van der Waals surface area contributed by atoms with Crippen molar-refractivity contribution >= 4 is 0 Å². The topological polar surface area (TPSA) is 20.2 Å². The number of rotatable bonds is 6. The first-order chi connectivity index (χ1) is 9.86. The molecule has 1 aliphatic rings. The largest absolute Gasteiger partial charge is 0.396 e. The predicted molar refractivity (Wildman–Crippen MR) is 93.2 cm³/mol. The van der Waals surface area contributed by atoms with Gasteiger partial charge in [0.15, 0.2) is 0 Å². The lowest BCUT2D eigenvalue weighted by molar-refractivity contribution is 0.274. The highest BCUT2D eigenvalue weighted by molar-refractivity contribution is 5.36. The van der Waals surface area contributed by atoms with E-state index in [-0.39, 0.29) is 6.61 Å². The molecule has 1 nitrogen and oxygen atoms in total. The summed E-state index contributed by atoms with van der Waals surface area (Å²) in [6, 6.07) is 0. The van der Waals surface area contributed by atoms with Gasteiger partial charge < -0.3 is 5.11 Å². The summed E-state index contributed by atoms with van der Waals surface area (Å²) in [5, 5.41) is 8.88. The van der Waals surface area contributed by atoms with Crippen molar-refractivity contribution in [2.75, 3.05) is 6.61 Å². The molecule has 0 heterocycles. The zero-order valence-corrected chi connectivity index (χ0v) is 14.4. The van der Waals surface area contributed by atoms with E-state index in [9.17, 15) is 0 Å². The number of hydrogen-bond donors (Lipinski definition) is 1. The normalized spacial score (nSPS) is 21.5. The average Bonchev–Trinajstić information content (AvgIpc) is 2.37. The lowest BCUT2D eigenvalue weighted by Crippen LogP contribution is -2.19. The van der Waals surface area contributed by atoms with Crippen LogP contribution < -0.4 is 0 Å². The van der Waals surface area contributed by atoms with Gasteiger partial charge >= 0.3 is 0 Å². The van der Waals surface area contributed by atoms with Crippen LogP contribution in [0.15, 0.2) is 47.1 Å². The van der Waals surface area contributed by atoms with E-state index < -0.39 is 0 Å². The molecule has 1 N–H and O–H groups in total. The average molecular weight is 288 g/mol. The molecule has 0 saturated heterocycles. The molecule has 0 aromatic heterocycles. The van der Waals surface area contributed by atoms with Gasteiger partial charge in [-0.25, -0.2) is 0 Å². The molecular weight excluding hydrogens is 256 g/mol. The number of hydrogen-bond acceptors (Lipinski definition) is 1. The Bertz CT molecular complexity index is 446. The molecule has 1 atom stereocenters. The third-order valence-corrected chi connectivity index (χ3v) is 4.44. The van der Waals surface area contributed by atoms with Crippen molar-refractivity contribution < 1.29 is 5.11 Å². The van der Waals surface area contributed by atoms with E-state index in [1.807, 2.05) is 0 Å². The van der Waals surface area contributed by atoms with Crippen LogP contribution in [-0.4, -0.2) is 11.7 Å². The summed E-state index contributed by atoms with van der Waals surface area (Å²) in [5.74, 6) is 0.435. The van der Waals surface area contributed by atoms with Crippen LogP contribution in [0.4, 0.5) is 0 Å². The van der Waals surface area contributed by atoms with Crippen LogP contribution in [0.25, 0.3) is 0 Å². The third-order valence-electron chi connectivity index (χ3n) is 4.44. The molecule has 118 valence electrons. The molecule has 1 rings (SSSR count). The fourth-order valence-corrected chi connectivity index (χ4v) is 2.98. The van der Waals surface area contributed by atoms with Gasteiger partial charge in [0.1, 0.15) is 0 Å². The molecule has 0 radical (unpaired) electrons. The van der Waals surface area contributed by atoms with E-state index in [1.54, 1.807) is 5.57 Å². The molecule has 0 aromatic rings. The number of allylic oxidation sites excluding steroid dienone is 8. The highest BCUT2D eigenvalue weighted by atomic mass is 16.3. The summed E-state index contributed by atoms with van der Waals surface area (Å²) in [4.78, 5) is 0. The molecule has 0 spiro atoms. The Labute approximate surface area is 131 Å². The molecule has 0 unspecified atom stereocenters. The Hall–Kier alpha value is -1.08. The van der Waals surface area contributed by atoms with Gasteiger partial charge in [0.05, 0.1) is 0 Å². The first-order valence-corrected chi connectivity index (χ1v) is 8.21. The van der Waals surface area contributed by atoms with E-state index in [0.717, 1.165) is 6.42 Å². The van der Waals surface area contributed by atoms with Crippen LogP contribution >= 0.6 is 0 Å². The SMILES string of the molecule is CC1=C(/C=C/C(C)=C/C=C/[C@@H](C)CCO)C(C)(C)CCC1. The molecule has 1 aliphatic carbocycles. The summed E-state index contributed by atoms with van der Waals surface area (Å²) in [7, 11) is 0. The summed E-state index contributed by atoms with van der Waals surface area (Å²) in [6.45, 7) is 11.5. The standard InChI is InChI=1S/C20H32O/c1-16(8-6-9-17(2)13-15-21)11-12-19-18(3)10-7-14-20(19,4)5/h6,8-9,11-12,17,21H,7,10,13-15H2,1-5H3/b9-6+,12-11+,16-8+/t17-/m1/s1. The first kappa shape index (κ1) is 18.0. The summed E-state index contributed by atoms with van der Waals surface area (Å²) in [5.41, 5.74) is 4.63. The molecule has 0 aliphatic heterocycles. The van der Waals surface area contributed by atoms with Gasteiger partial charge in [-0.05, 0) is 56.4 Å². The minimum absolute atomic E-state index is 0.261. The lowest BCUT2D eigenvalue weighted by atomic mass is 9.72. The fourth-order valence-electron chi connectivity index (χ4n) is 2.98. The van der Waals surface area contributed by atoms with Gasteiger partial charge in [0.2, 0.25) is 0 Å². The van der Waals surface area contributed by atoms with Crippen molar-refractivity contribution in [2.24, 2.45) is 11.3 Å². The molecule has 0 amide bonds. The van der Waals surface area contributed by atoms with Crippen LogP contribution in [0.5, 0.6) is 0 Å². The summed E-state index contributed by atoms with van der Waals surface area (Å²) >= 11 is 0. The monoisotopic (exact) mass is 288 g/mol. The third kappa shape index (κ3) is 6.05. The van der Waals surface area contributed by atoms with E-state index in [1.165, 1.54) is 30.4 Å². The Kier molecular flexibility index (Phi) is 7.17. The summed E-state index contributed by atoms with van der Waals surface area (Å²) < 4.78 is 0. The highest BCUT2D eigenvalue weighted by Crippen LogP contribution is 2.40. The molecular formula is C20H32O. The van der Waals surface area contributed by atoms with Gasteiger partial charge in [-0.2, -0.15) is 0 Å². The van der Waals surface area contributed by atoms with Gasteiger partial charge in [0.25, 0.3) is 0 Å². The maximum absolute atomic E-state index is 8.88. The van der Waals surface area contributed by atoms with Crippen LogP contribution in [0, 0.1) is 11.3 Å². The van der Waals surface area contributed by atoms with Gasteiger partial charge in [-0.1, -0.05) is 62.3 Å². The fraction of sp³-hybridized carbons (Fsp3) is 0.600. The number of aliphatic hydroxyl groups excluding tert-OH is 1. The zero-order valence-electron chi connectivity index (χ0n) is 14.4. The van der Waals surface area contributed by atoms with E-state index in [0.29, 0.717) is 11.3 Å². The zero-order chi connectivity index (χ0) is 15.9. The Morgan fingerprint density at radius 3 is 2.71 bits per heavy atom. The second-order valence-corrected chi connectivity index (χ2v) is 7.05. The predicted octanol–water partition coefficient (Wildman–Crippen LogP) is 5.59. The lowest BCUT2D eigenvalue weighted by Gasteiger charge is -2.32. The second kappa shape index (κ2) is 8.38. The van der Waals surface area contributed by atoms with Crippen LogP contribution in [0.2, 0.25) is 0 Å². The van der Waals surface area contributed by atoms with Crippen LogP contribution in [-0.2, 0) is 0 Å². The molecule has 0 bridgehead atoms. The molecule has 0 saturated carbocycles. The van der Waals surface area contributed by atoms with E-state index >= 15 is 0 Å². The maximum Gasteiger partial charge on any atom is 0.0436 e. The summed E-state index contributed by atoms with van der Waals surface area (Å²) in [6.07, 6.45) is 15.6. The molecule has 0 aromatic carbocycles. The van der Waals surface area contributed by atoms with Gasteiger partial charge in [-0.3, -0.25) is 0 Å². The van der Waals surface area contributed by atoms with Gasteiger partial charge in [0, 0.05) is 6.61 Å². The Morgan fingerprint density at radius 1 is 1.38 bits per heavy atom. The second-order valence-electron chi connectivity index (χ2n) is 7.05. The van der Waals surface area contributed by atoms with Crippen molar-refractivity contribution in [1.82, 2.24) is 0 Å². The van der Waals surface area contributed by atoms with Crippen molar-refractivity contribution in [3.8, 4) is 0 Å². The highest BCUT2D eigenvalue weighted by Gasteiger charge is 2.26. The number of aliphatic hydroxyl groups is 1. The van der Waals surface area contributed by atoms with Crippen molar-refractivity contribution in [3.63, 3.8) is 0 Å².